The third-order valence-corrected chi connectivity index (χ3v) is 3.24. The van der Waals surface area contributed by atoms with Crippen molar-refractivity contribution in [1.29, 1.82) is 0 Å². The molecule has 0 spiro atoms. The van der Waals surface area contributed by atoms with Crippen molar-refractivity contribution in [3.8, 4) is 5.75 Å². The standard InChI is InChI=1S/C17H20N2O4/c1-19(22-2)17(21)18-14-9-6-10-15(11-14)23-12-16(20)13-7-4-3-5-8-13/h3-11,16,20H,12H2,1-2H3,(H,18,21). The largest absolute Gasteiger partial charge is 0.490 e. The Balaban J connectivity index is 1.93. The predicted octanol–water partition coefficient (Wildman–Crippen LogP) is 2.82. The maximum atomic E-state index is 11.7. The SMILES string of the molecule is CON(C)C(=O)Nc1cccc(OCC(O)c2ccccc2)c1. The van der Waals surface area contributed by atoms with E-state index in [1.165, 1.54) is 14.2 Å². The molecule has 122 valence electrons. The number of hydrogen-bond acceptors (Lipinski definition) is 4. The van der Waals surface area contributed by atoms with Crippen LogP contribution < -0.4 is 10.1 Å². The maximum Gasteiger partial charge on any atom is 0.345 e. The molecule has 2 aromatic carbocycles. The monoisotopic (exact) mass is 316 g/mol. The smallest absolute Gasteiger partial charge is 0.345 e. The van der Waals surface area contributed by atoms with Crippen LogP contribution in [0.3, 0.4) is 0 Å². The van der Waals surface area contributed by atoms with E-state index in [2.05, 4.69) is 5.32 Å². The number of rotatable bonds is 6. The van der Waals surface area contributed by atoms with Crippen molar-refractivity contribution in [2.24, 2.45) is 0 Å². The minimum Gasteiger partial charge on any atom is -0.490 e. The number of ether oxygens (including phenoxy) is 1. The second kappa shape index (κ2) is 8.17. The molecule has 0 aromatic heterocycles. The molecule has 0 saturated carbocycles. The summed E-state index contributed by atoms with van der Waals surface area (Å²) in [5.41, 5.74) is 1.37. The van der Waals surface area contributed by atoms with Crippen LogP contribution in [0, 0.1) is 0 Å². The minimum absolute atomic E-state index is 0.124. The van der Waals surface area contributed by atoms with Crippen LogP contribution in [0.5, 0.6) is 5.75 Å². The van der Waals surface area contributed by atoms with Gasteiger partial charge in [0.1, 0.15) is 18.5 Å². The summed E-state index contributed by atoms with van der Waals surface area (Å²) in [5, 5.41) is 13.8. The van der Waals surface area contributed by atoms with E-state index in [9.17, 15) is 9.90 Å². The zero-order chi connectivity index (χ0) is 16.7. The molecular weight excluding hydrogens is 296 g/mol. The van der Waals surface area contributed by atoms with Gasteiger partial charge in [-0.3, -0.25) is 4.84 Å². The first-order valence-electron chi connectivity index (χ1n) is 7.15. The number of amides is 2. The van der Waals surface area contributed by atoms with Gasteiger partial charge in [-0.1, -0.05) is 36.4 Å². The van der Waals surface area contributed by atoms with Gasteiger partial charge in [0.15, 0.2) is 0 Å². The van der Waals surface area contributed by atoms with E-state index in [0.717, 1.165) is 10.6 Å². The van der Waals surface area contributed by atoms with Crippen LogP contribution in [0.2, 0.25) is 0 Å². The average molecular weight is 316 g/mol. The Morgan fingerprint density at radius 1 is 1.22 bits per heavy atom. The molecule has 0 aliphatic heterocycles. The summed E-state index contributed by atoms with van der Waals surface area (Å²) < 4.78 is 5.59. The Labute approximate surface area is 135 Å². The van der Waals surface area contributed by atoms with Gasteiger partial charge in [-0.15, -0.1) is 0 Å². The zero-order valence-electron chi connectivity index (χ0n) is 13.1. The van der Waals surface area contributed by atoms with Gasteiger partial charge in [-0.2, -0.15) is 0 Å². The molecule has 2 aromatic rings. The van der Waals surface area contributed by atoms with Gasteiger partial charge in [0, 0.05) is 18.8 Å². The molecular formula is C17H20N2O4. The normalized spacial score (nSPS) is 11.6. The Morgan fingerprint density at radius 3 is 2.65 bits per heavy atom. The third kappa shape index (κ3) is 4.98. The number of nitrogens with zero attached hydrogens (tertiary/aromatic N) is 1. The van der Waals surface area contributed by atoms with Crippen LogP contribution >= 0.6 is 0 Å². The molecule has 0 fully saturated rings. The summed E-state index contributed by atoms with van der Waals surface area (Å²) in [7, 11) is 2.91. The number of aliphatic hydroxyl groups is 1. The molecule has 0 radical (unpaired) electrons. The van der Waals surface area contributed by atoms with Gasteiger partial charge in [0.2, 0.25) is 0 Å². The predicted molar refractivity (Wildman–Crippen MR) is 87.1 cm³/mol. The molecule has 2 amide bonds. The average Bonchev–Trinajstić information content (AvgIpc) is 2.60. The highest BCUT2D eigenvalue weighted by Gasteiger charge is 2.10. The van der Waals surface area contributed by atoms with E-state index < -0.39 is 12.1 Å². The third-order valence-electron chi connectivity index (χ3n) is 3.24. The van der Waals surface area contributed by atoms with E-state index in [0.29, 0.717) is 11.4 Å². The van der Waals surface area contributed by atoms with Gasteiger partial charge in [0.05, 0.1) is 7.11 Å². The summed E-state index contributed by atoms with van der Waals surface area (Å²) in [6, 6.07) is 15.8. The van der Waals surface area contributed by atoms with E-state index in [-0.39, 0.29) is 6.61 Å². The number of urea groups is 1. The van der Waals surface area contributed by atoms with Crippen molar-refractivity contribution in [3.63, 3.8) is 0 Å². The van der Waals surface area contributed by atoms with Gasteiger partial charge in [-0.25, -0.2) is 9.86 Å². The molecule has 0 aliphatic rings. The zero-order valence-corrected chi connectivity index (χ0v) is 13.1. The highest BCUT2D eigenvalue weighted by Crippen LogP contribution is 2.20. The number of carbonyl (C=O) groups excluding carboxylic acids is 1. The molecule has 0 saturated heterocycles. The molecule has 6 heteroatoms. The second-order valence-electron chi connectivity index (χ2n) is 4.88. The fourth-order valence-corrected chi connectivity index (χ4v) is 1.90. The summed E-state index contributed by atoms with van der Waals surface area (Å²) in [6.07, 6.45) is -0.714. The van der Waals surface area contributed by atoms with Crippen LogP contribution in [0.1, 0.15) is 11.7 Å². The summed E-state index contributed by atoms with van der Waals surface area (Å²) >= 11 is 0. The van der Waals surface area contributed by atoms with Crippen molar-refractivity contribution in [1.82, 2.24) is 5.06 Å². The molecule has 23 heavy (non-hydrogen) atoms. The molecule has 1 atom stereocenters. The number of hydrogen-bond donors (Lipinski definition) is 2. The lowest BCUT2D eigenvalue weighted by Crippen LogP contribution is -2.30. The van der Waals surface area contributed by atoms with Crippen LogP contribution in [-0.4, -0.2) is 37.0 Å². The van der Waals surface area contributed by atoms with E-state index >= 15 is 0 Å². The van der Waals surface area contributed by atoms with Crippen LogP contribution in [0.4, 0.5) is 10.5 Å². The summed E-state index contributed by atoms with van der Waals surface area (Å²) in [5.74, 6) is 0.554. The highest BCUT2D eigenvalue weighted by atomic mass is 16.7. The van der Waals surface area contributed by atoms with Crippen LogP contribution in [0.25, 0.3) is 0 Å². The van der Waals surface area contributed by atoms with Crippen molar-refractivity contribution >= 4 is 11.7 Å². The Bertz CT molecular complexity index is 634. The number of anilines is 1. The molecule has 2 rings (SSSR count). The molecule has 0 aliphatic carbocycles. The van der Waals surface area contributed by atoms with Crippen LogP contribution in [-0.2, 0) is 4.84 Å². The van der Waals surface area contributed by atoms with Gasteiger partial charge in [-0.05, 0) is 17.7 Å². The summed E-state index contributed by atoms with van der Waals surface area (Å²) in [6.45, 7) is 0.124. The summed E-state index contributed by atoms with van der Waals surface area (Å²) in [4.78, 5) is 16.5. The highest BCUT2D eigenvalue weighted by molar-refractivity contribution is 5.88. The lowest BCUT2D eigenvalue weighted by atomic mass is 10.1. The van der Waals surface area contributed by atoms with E-state index in [4.69, 9.17) is 9.57 Å². The van der Waals surface area contributed by atoms with E-state index in [1.54, 1.807) is 24.3 Å². The van der Waals surface area contributed by atoms with Gasteiger partial charge >= 0.3 is 6.03 Å². The lowest BCUT2D eigenvalue weighted by molar-refractivity contribution is -0.0598. The first-order chi connectivity index (χ1) is 11.1. The number of aliphatic hydroxyl groups excluding tert-OH is 1. The topological polar surface area (TPSA) is 71.0 Å². The first kappa shape index (κ1) is 16.8. The number of carbonyl (C=O) groups is 1. The van der Waals surface area contributed by atoms with Crippen LogP contribution in [0.15, 0.2) is 54.6 Å². The minimum atomic E-state index is -0.714. The number of hydroxylamine groups is 2. The molecule has 2 N–H and O–H groups in total. The first-order valence-corrected chi connectivity index (χ1v) is 7.15. The lowest BCUT2D eigenvalue weighted by Gasteiger charge is -2.16. The van der Waals surface area contributed by atoms with Crippen molar-refractivity contribution in [2.45, 2.75) is 6.10 Å². The Kier molecular flexibility index (Phi) is 5.96. The van der Waals surface area contributed by atoms with Crippen molar-refractivity contribution in [2.75, 3.05) is 26.1 Å². The Morgan fingerprint density at radius 2 is 1.96 bits per heavy atom. The van der Waals surface area contributed by atoms with E-state index in [1.807, 2.05) is 30.3 Å². The van der Waals surface area contributed by atoms with Gasteiger partial charge in [0.25, 0.3) is 0 Å². The Hall–Kier alpha value is -2.57. The quantitative estimate of drug-likeness (QED) is 0.804. The molecule has 1 unspecified atom stereocenters. The van der Waals surface area contributed by atoms with Crippen molar-refractivity contribution < 1.29 is 19.5 Å². The maximum absolute atomic E-state index is 11.7. The molecule has 6 nitrogen and oxygen atoms in total. The second-order valence-corrected chi connectivity index (χ2v) is 4.88. The number of benzene rings is 2. The molecule has 0 heterocycles. The van der Waals surface area contributed by atoms with Crippen molar-refractivity contribution in [3.05, 3.63) is 60.2 Å². The van der Waals surface area contributed by atoms with Gasteiger partial charge < -0.3 is 15.2 Å². The number of nitrogens with one attached hydrogen (secondary N) is 1. The fourth-order valence-electron chi connectivity index (χ4n) is 1.90. The fraction of sp³-hybridized carbons (Fsp3) is 0.235. The molecule has 0 bridgehead atoms.